The van der Waals surface area contributed by atoms with Gasteiger partial charge in [-0.3, -0.25) is 0 Å². The van der Waals surface area contributed by atoms with Gasteiger partial charge in [0.05, 0.1) is 18.1 Å². The SMILES string of the molecule is NCC1(NCC(F)(F)F)CCS(=O)(=O)C1. The summed E-state index contributed by atoms with van der Waals surface area (Å²) in [6, 6.07) is 0. The van der Waals surface area contributed by atoms with Gasteiger partial charge in [-0.1, -0.05) is 0 Å². The van der Waals surface area contributed by atoms with Crippen LogP contribution in [0.1, 0.15) is 6.42 Å². The minimum Gasteiger partial charge on any atom is -0.329 e. The van der Waals surface area contributed by atoms with Gasteiger partial charge in [-0.15, -0.1) is 0 Å². The Morgan fingerprint density at radius 1 is 1.40 bits per heavy atom. The van der Waals surface area contributed by atoms with Crippen LogP contribution in [0.25, 0.3) is 0 Å². The summed E-state index contributed by atoms with van der Waals surface area (Å²) in [5.41, 5.74) is 4.22. The summed E-state index contributed by atoms with van der Waals surface area (Å²) in [4.78, 5) is 0. The van der Waals surface area contributed by atoms with Crippen LogP contribution in [0.2, 0.25) is 0 Å². The van der Waals surface area contributed by atoms with Crippen LogP contribution in [0.15, 0.2) is 0 Å². The smallest absolute Gasteiger partial charge is 0.329 e. The van der Waals surface area contributed by atoms with Gasteiger partial charge in [0.2, 0.25) is 0 Å². The maximum Gasteiger partial charge on any atom is 0.401 e. The summed E-state index contributed by atoms with van der Waals surface area (Å²) < 4.78 is 58.2. The summed E-state index contributed by atoms with van der Waals surface area (Å²) in [7, 11) is -3.24. The van der Waals surface area contributed by atoms with Gasteiger partial charge in [0.1, 0.15) is 0 Å². The van der Waals surface area contributed by atoms with Crippen molar-refractivity contribution in [1.82, 2.24) is 5.32 Å². The molecule has 15 heavy (non-hydrogen) atoms. The molecule has 0 aromatic rings. The molecule has 0 saturated carbocycles. The lowest BCUT2D eigenvalue weighted by Gasteiger charge is -2.27. The van der Waals surface area contributed by atoms with E-state index in [1.807, 2.05) is 0 Å². The van der Waals surface area contributed by atoms with Crippen LogP contribution in [0.4, 0.5) is 13.2 Å². The number of nitrogens with two attached hydrogens (primary N) is 1. The Morgan fingerprint density at radius 2 is 2.00 bits per heavy atom. The molecule has 1 rings (SSSR count). The molecule has 0 aliphatic carbocycles. The Bertz CT molecular complexity index is 328. The Morgan fingerprint density at radius 3 is 2.33 bits per heavy atom. The van der Waals surface area contributed by atoms with Gasteiger partial charge in [-0.2, -0.15) is 13.2 Å². The molecular formula is C7H13F3N2O2S. The van der Waals surface area contributed by atoms with Crippen molar-refractivity contribution in [3.8, 4) is 0 Å². The maximum absolute atomic E-state index is 12.0. The van der Waals surface area contributed by atoms with Crippen LogP contribution in [-0.2, 0) is 9.84 Å². The van der Waals surface area contributed by atoms with Crippen LogP contribution in [0, 0.1) is 0 Å². The highest BCUT2D eigenvalue weighted by atomic mass is 32.2. The van der Waals surface area contributed by atoms with E-state index >= 15 is 0 Å². The topological polar surface area (TPSA) is 72.2 Å². The van der Waals surface area contributed by atoms with Crippen LogP contribution in [-0.4, -0.2) is 44.7 Å². The zero-order valence-electron chi connectivity index (χ0n) is 7.97. The molecule has 1 aliphatic rings. The van der Waals surface area contributed by atoms with Crippen LogP contribution >= 0.6 is 0 Å². The fourth-order valence-electron chi connectivity index (χ4n) is 1.58. The largest absolute Gasteiger partial charge is 0.401 e. The molecule has 1 unspecified atom stereocenters. The van der Waals surface area contributed by atoms with Crippen molar-refractivity contribution < 1.29 is 21.6 Å². The van der Waals surface area contributed by atoms with Gasteiger partial charge >= 0.3 is 6.18 Å². The van der Waals surface area contributed by atoms with Crippen molar-refractivity contribution >= 4 is 9.84 Å². The summed E-state index contributed by atoms with van der Waals surface area (Å²) >= 11 is 0. The molecule has 0 aromatic heterocycles. The highest BCUT2D eigenvalue weighted by Gasteiger charge is 2.43. The van der Waals surface area contributed by atoms with Crippen molar-refractivity contribution in [3.05, 3.63) is 0 Å². The predicted octanol–water partition coefficient (Wildman–Crippen LogP) is -0.346. The van der Waals surface area contributed by atoms with E-state index < -0.39 is 28.1 Å². The van der Waals surface area contributed by atoms with Crippen LogP contribution < -0.4 is 11.1 Å². The number of alkyl halides is 3. The third kappa shape index (κ3) is 3.62. The van der Waals surface area contributed by atoms with Crippen LogP contribution in [0.5, 0.6) is 0 Å². The van der Waals surface area contributed by atoms with E-state index in [0.29, 0.717) is 0 Å². The minimum atomic E-state index is -4.35. The number of hydrogen-bond donors (Lipinski definition) is 2. The molecule has 8 heteroatoms. The molecule has 1 fully saturated rings. The Hall–Kier alpha value is -0.340. The first-order chi connectivity index (χ1) is 6.68. The van der Waals surface area contributed by atoms with Crippen molar-refractivity contribution in [2.75, 3.05) is 24.6 Å². The second-order valence-corrected chi connectivity index (χ2v) is 5.98. The Balaban J connectivity index is 2.64. The lowest BCUT2D eigenvalue weighted by Crippen LogP contribution is -2.54. The molecule has 1 heterocycles. The number of nitrogens with one attached hydrogen (secondary N) is 1. The van der Waals surface area contributed by atoms with E-state index in [0.717, 1.165) is 0 Å². The molecule has 0 radical (unpaired) electrons. The van der Waals surface area contributed by atoms with Crippen molar-refractivity contribution in [3.63, 3.8) is 0 Å². The third-order valence-corrected chi connectivity index (χ3v) is 4.26. The van der Waals surface area contributed by atoms with E-state index in [9.17, 15) is 21.6 Å². The van der Waals surface area contributed by atoms with Gasteiger partial charge in [-0.25, -0.2) is 8.42 Å². The third-order valence-electron chi connectivity index (χ3n) is 2.44. The molecule has 1 saturated heterocycles. The molecule has 0 amide bonds. The first kappa shape index (κ1) is 12.7. The molecule has 1 aliphatic heterocycles. The van der Waals surface area contributed by atoms with E-state index in [1.54, 1.807) is 0 Å². The average Bonchev–Trinajstić information content (AvgIpc) is 2.39. The number of halogens is 3. The summed E-state index contributed by atoms with van der Waals surface area (Å²) in [6.45, 7) is -1.32. The first-order valence-electron chi connectivity index (χ1n) is 4.40. The second-order valence-electron chi connectivity index (χ2n) is 3.80. The maximum atomic E-state index is 12.0. The quantitative estimate of drug-likeness (QED) is 0.714. The van der Waals surface area contributed by atoms with Crippen LogP contribution in [0.3, 0.4) is 0 Å². The monoisotopic (exact) mass is 246 g/mol. The number of sulfone groups is 1. The average molecular weight is 246 g/mol. The van der Waals surface area contributed by atoms with E-state index in [4.69, 9.17) is 5.73 Å². The summed E-state index contributed by atoms with van der Waals surface area (Å²) in [5.74, 6) is -0.415. The molecular weight excluding hydrogens is 233 g/mol. The van der Waals surface area contributed by atoms with Gasteiger partial charge in [0, 0.05) is 12.1 Å². The van der Waals surface area contributed by atoms with Crippen molar-refractivity contribution in [2.24, 2.45) is 5.73 Å². The summed E-state index contributed by atoms with van der Waals surface area (Å²) in [6.07, 6.45) is -4.21. The highest BCUT2D eigenvalue weighted by molar-refractivity contribution is 7.91. The zero-order chi connectivity index (χ0) is 11.7. The van der Waals surface area contributed by atoms with Gasteiger partial charge < -0.3 is 11.1 Å². The molecule has 90 valence electrons. The zero-order valence-corrected chi connectivity index (χ0v) is 8.79. The minimum absolute atomic E-state index is 0.102. The molecule has 1 atom stereocenters. The Kier molecular flexibility index (Phi) is 3.32. The fourth-order valence-corrected chi connectivity index (χ4v) is 3.63. The molecule has 0 spiro atoms. The van der Waals surface area contributed by atoms with Crippen molar-refractivity contribution in [1.29, 1.82) is 0 Å². The number of hydrogen-bond acceptors (Lipinski definition) is 4. The first-order valence-corrected chi connectivity index (χ1v) is 6.23. The van der Waals surface area contributed by atoms with Gasteiger partial charge in [0.25, 0.3) is 0 Å². The fraction of sp³-hybridized carbons (Fsp3) is 1.00. The van der Waals surface area contributed by atoms with Gasteiger partial charge in [0.15, 0.2) is 9.84 Å². The normalized spacial score (nSPS) is 30.7. The molecule has 4 nitrogen and oxygen atoms in total. The van der Waals surface area contributed by atoms with E-state index in [-0.39, 0.29) is 24.5 Å². The molecule has 3 N–H and O–H groups in total. The standard InChI is InChI=1S/C7H13F3N2O2S/c8-7(9,10)4-12-6(3-11)1-2-15(13,14)5-6/h12H,1-5,11H2. The lowest BCUT2D eigenvalue weighted by atomic mass is 9.99. The molecule has 0 aromatic carbocycles. The lowest BCUT2D eigenvalue weighted by molar-refractivity contribution is -0.128. The van der Waals surface area contributed by atoms with Gasteiger partial charge in [-0.05, 0) is 6.42 Å². The van der Waals surface area contributed by atoms with E-state index in [1.165, 1.54) is 0 Å². The van der Waals surface area contributed by atoms with Crippen molar-refractivity contribution in [2.45, 2.75) is 18.1 Å². The van der Waals surface area contributed by atoms with E-state index in [2.05, 4.69) is 5.32 Å². The highest BCUT2D eigenvalue weighted by Crippen LogP contribution is 2.24. The molecule has 0 bridgehead atoms. The second kappa shape index (κ2) is 3.91. The predicted molar refractivity (Wildman–Crippen MR) is 49.1 cm³/mol. The summed E-state index contributed by atoms with van der Waals surface area (Å²) in [5, 5.41) is 2.21. The number of rotatable bonds is 3. The Labute approximate surface area is 85.9 Å².